The molecule has 7 nitrogen and oxygen atoms in total. The Bertz CT molecular complexity index is 477. The summed E-state index contributed by atoms with van der Waals surface area (Å²) < 4.78 is 42.5. The molecule has 0 radical (unpaired) electrons. The number of rotatable bonds is 6. The summed E-state index contributed by atoms with van der Waals surface area (Å²) >= 11 is 0. The van der Waals surface area contributed by atoms with Crippen LogP contribution in [0.25, 0.3) is 0 Å². The lowest BCUT2D eigenvalue weighted by Gasteiger charge is -2.20. The normalized spacial score (nSPS) is 19.3. The van der Waals surface area contributed by atoms with E-state index in [4.69, 9.17) is 4.74 Å². The highest BCUT2D eigenvalue weighted by molar-refractivity contribution is 5.80. The van der Waals surface area contributed by atoms with Crippen LogP contribution in [0, 0.1) is 0 Å². The lowest BCUT2D eigenvalue weighted by Crippen LogP contribution is -2.45. The average Bonchev–Trinajstić information content (AvgIpc) is 2.86. The van der Waals surface area contributed by atoms with Gasteiger partial charge in [-0.1, -0.05) is 0 Å². The zero-order valence-electron chi connectivity index (χ0n) is 15.9. The van der Waals surface area contributed by atoms with Crippen LogP contribution in [0.15, 0.2) is 4.99 Å². The number of likely N-dealkylation sites (tertiary alicyclic amines) is 1. The number of alkyl halides is 3. The molecule has 1 saturated heterocycles. The number of alkyl carbamates (subject to hydrolysis) is 1. The van der Waals surface area contributed by atoms with Crippen molar-refractivity contribution in [1.29, 1.82) is 0 Å². The molecule has 152 valence electrons. The largest absolute Gasteiger partial charge is 0.444 e. The number of carbonyl (C=O) groups is 1. The van der Waals surface area contributed by atoms with Crippen molar-refractivity contribution in [3.05, 3.63) is 0 Å². The maximum Gasteiger partial charge on any atom is 0.407 e. The minimum Gasteiger partial charge on any atom is -0.444 e. The first-order chi connectivity index (χ1) is 12.0. The molecule has 3 N–H and O–H groups in total. The molecule has 0 aliphatic carbocycles. The summed E-state index contributed by atoms with van der Waals surface area (Å²) in [5, 5.41) is 8.80. The molecule has 1 aliphatic rings. The van der Waals surface area contributed by atoms with Crippen molar-refractivity contribution in [1.82, 2.24) is 20.9 Å². The second kappa shape index (κ2) is 9.84. The maximum atomic E-state index is 12.4. The number of hydrogen-bond donors (Lipinski definition) is 3. The summed E-state index contributed by atoms with van der Waals surface area (Å²) in [6.07, 6.45) is -4.07. The van der Waals surface area contributed by atoms with E-state index < -0.39 is 24.4 Å². The number of halogens is 3. The van der Waals surface area contributed by atoms with E-state index in [9.17, 15) is 18.0 Å². The van der Waals surface area contributed by atoms with Crippen molar-refractivity contribution in [3.8, 4) is 0 Å². The molecule has 0 aromatic carbocycles. The molecular weight excluding hydrogens is 351 g/mol. The van der Waals surface area contributed by atoms with E-state index in [1.807, 2.05) is 6.92 Å². The number of nitrogens with zero attached hydrogens (tertiary/aromatic N) is 2. The first-order valence-electron chi connectivity index (χ1n) is 8.79. The molecule has 26 heavy (non-hydrogen) atoms. The molecule has 0 spiro atoms. The first-order valence-corrected chi connectivity index (χ1v) is 8.79. The van der Waals surface area contributed by atoms with Gasteiger partial charge in [-0.05, 0) is 34.1 Å². The molecule has 0 bridgehead atoms. The summed E-state index contributed by atoms with van der Waals surface area (Å²) in [4.78, 5) is 17.3. The summed E-state index contributed by atoms with van der Waals surface area (Å²) in [5.74, 6) is 0.525. The van der Waals surface area contributed by atoms with E-state index in [0.29, 0.717) is 45.1 Å². The van der Waals surface area contributed by atoms with Crippen LogP contribution in [0.2, 0.25) is 0 Å². The van der Waals surface area contributed by atoms with Crippen LogP contribution in [0.1, 0.15) is 34.1 Å². The number of carbonyl (C=O) groups excluding carboxylic acids is 1. The van der Waals surface area contributed by atoms with Gasteiger partial charge in [0.1, 0.15) is 5.60 Å². The Morgan fingerprint density at radius 1 is 1.27 bits per heavy atom. The van der Waals surface area contributed by atoms with E-state index in [0.717, 1.165) is 0 Å². The molecule has 1 amide bonds. The third kappa shape index (κ3) is 10.3. The Balaban J connectivity index is 2.39. The topological polar surface area (TPSA) is 78.0 Å². The SMILES string of the molecule is CCNC(=NCCNC(=O)OC(C)(C)C)NC1CCN(CC(F)(F)F)C1. The van der Waals surface area contributed by atoms with Gasteiger partial charge in [0, 0.05) is 32.2 Å². The highest BCUT2D eigenvalue weighted by Crippen LogP contribution is 2.19. The third-order valence-electron chi connectivity index (χ3n) is 3.41. The van der Waals surface area contributed by atoms with Crippen molar-refractivity contribution in [2.75, 3.05) is 39.3 Å². The van der Waals surface area contributed by atoms with E-state index in [2.05, 4.69) is 20.9 Å². The molecular formula is C16H30F3N5O2. The molecule has 1 rings (SSSR count). The smallest absolute Gasteiger partial charge is 0.407 e. The van der Waals surface area contributed by atoms with Crippen LogP contribution >= 0.6 is 0 Å². The van der Waals surface area contributed by atoms with Gasteiger partial charge in [0.2, 0.25) is 0 Å². The number of nitrogens with one attached hydrogen (secondary N) is 3. The molecule has 1 atom stereocenters. The molecule has 0 aromatic rings. The van der Waals surface area contributed by atoms with Crippen molar-refractivity contribution < 1.29 is 22.7 Å². The van der Waals surface area contributed by atoms with Gasteiger partial charge in [0.15, 0.2) is 5.96 Å². The number of guanidine groups is 1. The highest BCUT2D eigenvalue weighted by Gasteiger charge is 2.34. The Morgan fingerprint density at radius 3 is 2.54 bits per heavy atom. The minimum atomic E-state index is -4.18. The Morgan fingerprint density at radius 2 is 1.96 bits per heavy atom. The van der Waals surface area contributed by atoms with Crippen molar-refractivity contribution in [2.24, 2.45) is 4.99 Å². The Kier molecular flexibility index (Phi) is 8.45. The van der Waals surface area contributed by atoms with Gasteiger partial charge in [0.05, 0.1) is 13.1 Å². The number of aliphatic imine (C=N–C) groups is 1. The molecule has 1 unspecified atom stereocenters. The molecule has 1 fully saturated rings. The number of amides is 1. The van der Waals surface area contributed by atoms with Crippen molar-refractivity contribution in [2.45, 2.75) is 51.9 Å². The van der Waals surface area contributed by atoms with Gasteiger partial charge in [-0.2, -0.15) is 13.2 Å². The van der Waals surface area contributed by atoms with Crippen LogP contribution in [-0.2, 0) is 4.74 Å². The quantitative estimate of drug-likeness (QED) is 0.371. The summed E-state index contributed by atoms with van der Waals surface area (Å²) in [6, 6.07) is -0.0889. The van der Waals surface area contributed by atoms with Crippen LogP contribution in [-0.4, -0.2) is 74.0 Å². The van der Waals surface area contributed by atoms with E-state index in [-0.39, 0.29) is 6.04 Å². The molecule has 1 heterocycles. The van der Waals surface area contributed by atoms with Crippen LogP contribution in [0.5, 0.6) is 0 Å². The van der Waals surface area contributed by atoms with Crippen molar-refractivity contribution in [3.63, 3.8) is 0 Å². The second-order valence-electron chi connectivity index (χ2n) is 7.17. The number of hydrogen-bond acceptors (Lipinski definition) is 4. The molecule has 0 aromatic heterocycles. The maximum absolute atomic E-state index is 12.4. The van der Waals surface area contributed by atoms with Gasteiger partial charge < -0.3 is 20.7 Å². The summed E-state index contributed by atoms with van der Waals surface area (Å²) in [6.45, 7) is 8.33. The second-order valence-corrected chi connectivity index (χ2v) is 7.17. The number of ether oxygens (including phenoxy) is 1. The molecule has 0 saturated carbocycles. The predicted molar refractivity (Wildman–Crippen MR) is 94.3 cm³/mol. The van der Waals surface area contributed by atoms with Gasteiger partial charge in [-0.3, -0.25) is 9.89 Å². The van der Waals surface area contributed by atoms with E-state index in [1.54, 1.807) is 20.8 Å². The lowest BCUT2D eigenvalue weighted by molar-refractivity contribution is -0.143. The van der Waals surface area contributed by atoms with Gasteiger partial charge in [-0.15, -0.1) is 0 Å². The lowest BCUT2D eigenvalue weighted by atomic mass is 10.2. The van der Waals surface area contributed by atoms with Crippen LogP contribution < -0.4 is 16.0 Å². The fourth-order valence-electron chi connectivity index (χ4n) is 2.50. The standard InChI is InChI=1S/C16H30F3N5O2/c1-5-20-13(21-7-8-22-14(25)26-15(2,3)4)23-12-6-9-24(10-12)11-16(17,18)19/h12H,5-11H2,1-4H3,(H,22,25)(H2,20,21,23). The molecule has 1 aliphatic heterocycles. The van der Waals surface area contributed by atoms with Gasteiger partial charge in [0.25, 0.3) is 0 Å². The van der Waals surface area contributed by atoms with Gasteiger partial charge in [-0.25, -0.2) is 4.79 Å². The summed E-state index contributed by atoms with van der Waals surface area (Å²) in [7, 11) is 0. The van der Waals surface area contributed by atoms with Gasteiger partial charge >= 0.3 is 12.3 Å². The third-order valence-corrected chi connectivity index (χ3v) is 3.41. The van der Waals surface area contributed by atoms with E-state index >= 15 is 0 Å². The minimum absolute atomic E-state index is 0.0889. The average molecular weight is 381 g/mol. The van der Waals surface area contributed by atoms with Crippen LogP contribution in [0.3, 0.4) is 0 Å². The zero-order valence-corrected chi connectivity index (χ0v) is 15.9. The Labute approximate surface area is 152 Å². The molecule has 10 heteroatoms. The zero-order chi connectivity index (χ0) is 19.8. The van der Waals surface area contributed by atoms with Crippen molar-refractivity contribution >= 4 is 12.1 Å². The highest BCUT2D eigenvalue weighted by atomic mass is 19.4. The Hall–Kier alpha value is -1.71. The monoisotopic (exact) mass is 381 g/mol. The fraction of sp³-hybridized carbons (Fsp3) is 0.875. The summed E-state index contributed by atoms with van der Waals surface area (Å²) in [5.41, 5.74) is -0.561. The van der Waals surface area contributed by atoms with E-state index in [1.165, 1.54) is 4.90 Å². The first kappa shape index (κ1) is 22.3. The predicted octanol–water partition coefficient (Wildman–Crippen LogP) is 1.70. The fourth-order valence-corrected chi connectivity index (χ4v) is 2.50. The van der Waals surface area contributed by atoms with Crippen LogP contribution in [0.4, 0.5) is 18.0 Å².